The number of ether oxygens (including phenoxy) is 1. The fraction of sp³-hybridized carbons (Fsp3) is 0.333. The molecule has 1 fully saturated rings. The predicted molar refractivity (Wildman–Crippen MR) is 116 cm³/mol. The molecular formula is C21H22ClN3O3S. The van der Waals surface area contributed by atoms with Gasteiger partial charge < -0.3 is 15.0 Å². The molecule has 6 nitrogen and oxygen atoms in total. The number of benzene rings is 2. The number of hydrogen-bond donors (Lipinski definition) is 1. The van der Waals surface area contributed by atoms with E-state index in [2.05, 4.69) is 5.32 Å². The highest BCUT2D eigenvalue weighted by molar-refractivity contribution is 8.01. The van der Waals surface area contributed by atoms with E-state index in [4.69, 9.17) is 16.3 Å². The van der Waals surface area contributed by atoms with Gasteiger partial charge in [0, 0.05) is 29.4 Å². The third-order valence-electron chi connectivity index (χ3n) is 5.26. The van der Waals surface area contributed by atoms with Crippen molar-refractivity contribution in [2.45, 2.75) is 18.3 Å². The first-order chi connectivity index (χ1) is 14.0. The predicted octanol–water partition coefficient (Wildman–Crippen LogP) is 3.83. The van der Waals surface area contributed by atoms with Crippen LogP contribution in [0.3, 0.4) is 0 Å². The number of rotatable bonds is 4. The highest BCUT2D eigenvalue weighted by Crippen LogP contribution is 2.55. The molecule has 0 unspecified atom stereocenters. The number of urea groups is 1. The second-order valence-corrected chi connectivity index (χ2v) is 8.54. The lowest BCUT2D eigenvalue weighted by molar-refractivity contribution is -0.123. The van der Waals surface area contributed by atoms with Gasteiger partial charge in [0.15, 0.2) is 4.87 Å². The average molecular weight is 432 g/mol. The monoisotopic (exact) mass is 431 g/mol. The van der Waals surface area contributed by atoms with E-state index in [0.717, 1.165) is 16.8 Å². The number of amides is 3. The molecule has 0 radical (unpaired) electrons. The summed E-state index contributed by atoms with van der Waals surface area (Å²) in [6.45, 7) is 3.20. The lowest BCUT2D eigenvalue weighted by Crippen LogP contribution is -2.53. The fourth-order valence-electron chi connectivity index (χ4n) is 3.92. The number of anilines is 1. The number of hydrogen-bond acceptors (Lipinski definition) is 4. The minimum atomic E-state index is -1.09. The lowest BCUT2D eigenvalue weighted by Gasteiger charge is -2.33. The molecule has 1 atom stereocenters. The number of carbonyl (C=O) groups excluding carboxylic acids is 2. The molecule has 0 saturated carbocycles. The molecule has 2 heterocycles. The van der Waals surface area contributed by atoms with Gasteiger partial charge in [-0.25, -0.2) is 4.79 Å². The van der Waals surface area contributed by atoms with Crippen LogP contribution in [0, 0.1) is 0 Å². The Balaban J connectivity index is 1.82. The van der Waals surface area contributed by atoms with Crippen molar-refractivity contribution in [2.75, 3.05) is 30.9 Å². The van der Waals surface area contributed by atoms with Crippen LogP contribution in [-0.4, -0.2) is 42.8 Å². The van der Waals surface area contributed by atoms with E-state index in [1.54, 1.807) is 16.9 Å². The van der Waals surface area contributed by atoms with Crippen LogP contribution in [0.15, 0.2) is 42.5 Å². The highest BCUT2D eigenvalue weighted by atomic mass is 35.5. The zero-order valence-electron chi connectivity index (χ0n) is 16.3. The maximum atomic E-state index is 13.8. The van der Waals surface area contributed by atoms with Gasteiger partial charge in [-0.05, 0) is 36.8 Å². The van der Waals surface area contributed by atoms with Crippen LogP contribution in [0.2, 0.25) is 5.02 Å². The molecule has 4 rings (SSSR count). The molecule has 8 heteroatoms. The minimum absolute atomic E-state index is 0.130. The molecule has 0 aromatic heterocycles. The Morgan fingerprint density at radius 2 is 2.10 bits per heavy atom. The molecule has 1 N–H and O–H groups in total. The van der Waals surface area contributed by atoms with Crippen molar-refractivity contribution in [1.29, 1.82) is 0 Å². The van der Waals surface area contributed by atoms with Crippen LogP contribution >= 0.6 is 23.4 Å². The highest BCUT2D eigenvalue weighted by Gasteiger charge is 2.59. The maximum Gasteiger partial charge on any atom is 0.319 e. The number of carbonyl (C=O) groups is 2. The van der Waals surface area contributed by atoms with Gasteiger partial charge in [0.25, 0.3) is 5.91 Å². The number of fused-ring (bicyclic) bond motifs is 2. The molecule has 2 aliphatic rings. The summed E-state index contributed by atoms with van der Waals surface area (Å²) < 4.78 is 5.41. The van der Waals surface area contributed by atoms with Gasteiger partial charge in [0.1, 0.15) is 5.75 Å². The number of nitrogens with one attached hydrogen (secondary N) is 1. The van der Waals surface area contributed by atoms with Gasteiger partial charge in [-0.2, -0.15) is 0 Å². The number of methoxy groups -OCH3 is 1. The van der Waals surface area contributed by atoms with Crippen molar-refractivity contribution in [3.63, 3.8) is 0 Å². The maximum absolute atomic E-state index is 13.8. The van der Waals surface area contributed by atoms with Crippen molar-refractivity contribution in [3.05, 3.63) is 58.6 Å². The molecule has 2 aromatic carbocycles. The summed E-state index contributed by atoms with van der Waals surface area (Å²) in [7, 11) is 1.59. The van der Waals surface area contributed by atoms with Crippen molar-refractivity contribution < 1.29 is 14.3 Å². The van der Waals surface area contributed by atoms with Crippen LogP contribution in [0.1, 0.15) is 18.1 Å². The largest absolute Gasteiger partial charge is 0.497 e. The Labute approximate surface area is 179 Å². The zero-order chi connectivity index (χ0) is 20.6. The van der Waals surface area contributed by atoms with Gasteiger partial charge >= 0.3 is 6.03 Å². The smallest absolute Gasteiger partial charge is 0.319 e. The SMILES string of the molecule is CCNC(=O)N1CCS[C@]12C(=O)N(Cc1ccccc1Cl)c1ccc(OC)cc12. The van der Waals surface area contributed by atoms with E-state index < -0.39 is 4.87 Å². The molecule has 2 aromatic rings. The van der Waals surface area contributed by atoms with Crippen LogP contribution in [-0.2, 0) is 16.2 Å². The molecule has 1 saturated heterocycles. The van der Waals surface area contributed by atoms with E-state index in [9.17, 15) is 9.59 Å². The van der Waals surface area contributed by atoms with Gasteiger partial charge in [-0.3, -0.25) is 9.69 Å². The van der Waals surface area contributed by atoms with Gasteiger partial charge in [0.2, 0.25) is 0 Å². The van der Waals surface area contributed by atoms with Crippen molar-refractivity contribution in [1.82, 2.24) is 10.2 Å². The first kappa shape index (κ1) is 19.9. The van der Waals surface area contributed by atoms with Gasteiger partial charge in [-0.15, -0.1) is 11.8 Å². The Morgan fingerprint density at radius 1 is 1.31 bits per heavy atom. The molecule has 29 heavy (non-hydrogen) atoms. The number of nitrogens with zero attached hydrogens (tertiary/aromatic N) is 2. The van der Waals surface area contributed by atoms with Gasteiger partial charge in [0.05, 0.1) is 19.3 Å². The molecule has 1 spiro atoms. The van der Waals surface area contributed by atoms with E-state index in [1.165, 1.54) is 11.8 Å². The van der Waals surface area contributed by atoms with E-state index in [1.807, 2.05) is 49.4 Å². The first-order valence-electron chi connectivity index (χ1n) is 9.46. The molecular weight excluding hydrogens is 410 g/mol. The number of thioether (sulfide) groups is 1. The third kappa shape index (κ3) is 3.13. The molecule has 0 aliphatic carbocycles. The second-order valence-electron chi connectivity index (χ2n) is 6.85. The Morgan fingerprint density at radius 3 is 2.83 bits per heavy atom. The summed E-state index contributed by atoms with van der Waals surface area (Å²) in [6.07, 6.45) is 0. The van der Waals surface area contributed by atoms with E-state index >= 15 is 0 Å². The Kier molecular flexibility index (Phi) is 5.36. The lowest BCUT2D eigenvalue weighted by atomic mass is 10.1. The van der Waals surface area contributed by atoms with E-state index in [-0.39, 0.29) is 11.9 Å². The zero-order valence-corrected chi connectivity index (χ0v) is 17.8. The summed E-state index contributed by atoms with van der Waals surface area (Å²) in [4.78, 5) is 28.9. The van der Waals surface area contributed by atoms with Crippen molar-refractivity contribution in [2.24, 2.45) is 0 Å². The third-order valence-corrected chi connectivity index (χ3v) is 7.05. The topological polar surface area (TPSA) is 61.9 Å². The number of halogens is 1. The summed E-state index contributed by atoms with van der Waals surface area (Å²) in [5, 5.41) is 3.45. The summed E-state index contributed by atoms with van der Waals surface area (Å²) in [5.41, 5.74) is 2.41. The Hall–Kier alpha value is -2.38. The summed E-state index contributed by atoms with van der Waals surface area (Å²) in [6, 6.07) is 12.8. The molecule has 2 aliphatic heterocycles. The van der Waals surface area contributed by atoms with Crippen LogP contribution in [0.25, 0.3) is 0 Å². The van der Waals surface area contributed by atoms with Crippen molar-refractivity contribution in [3.8, 4) is 5.75 Å². The standard InChI is InChI=1S/C21H22ClN3O3S/c1-3-23-20(27)25-10-11-29-21(25)16-12-15(28-2)8-9-18(16)24(19(21)26)13-14-6-4-5-7-17(14)22/h4-9,12H,3,10-11,13H2,1-2H3,(H,23,27)/t21-/m1/s1. The average Bonchev–Trinajstić information content (AvgIpc) is 3.27. The normalized spacial score (nSPS) is 20.3. The fourth-order valence-corrected chi connectivity index (χ4v) is 5.57. The summed E-state index contributed by atoms with van der Waals surface area (Å²) in [5.74, 6) is 1.20. The summed E-state index contributed by atoms with van der Waals surface area (Å²) >= 11 is 7.85. The van der Waals surface area contributed by atoms with Crippen molar-refractivity contribution >= 4 is 41.0 Å². The second kappa shape index (κ2) is 7.80. The van der Waals surface area contributed by atoms with Crippen LogP contribution < -0.4 is 15.0 Å². The Bertz CT molecular complexity index is 970. The molecule has 3 amide bonds. The molecule has 0 bridgehead atoms. The molecule has 152 valence electrons. The quantitative estimate of drug-likeness (QED) is 0.799. The van der Waals surface area contributed by atoms with Gasteiger partial charge in [-0.1, -0.05) is 29.8 Å². The van der Waals surface area contributed by atoms with Crippen LogP contribution in [0.5, 0.6) is 5.75 Å². The van der Waals surface area contributed by atoms with Crippen LogP contribution in [0.4, 0.5) is 10.5 Å². The minimum Gasteiger partial charge on any atom is -0.497 e. The first-order valence-corrected chi connectivity index (χ1v) is 10.8. The van der Waals surface area contributed by atoms with E-state index in [0.29, 0.717) is 36.2 Å².